The minimum absolute atomic E-state index is 0.317. The van der Waals surface area contributed by atoms with Gasteiger partial charge in [-0.1, -0.05) is 31.5 Å². The van der Waals surface area contributed by atoms with Gasteiger partial charge in [-0.05, 0) is 43.3 Å². The van der Waals surface area contributed by atoms with Gasteiger partial charge in [-0.3, -0.25) is 0 Å². The summed E-state index contributed by atoms with van der Waals surface area (Å²) < 4.78 is 32.0. The van der Waals surface area contributed by atoms with E-state index in [1.807, 2.05) is 45.0 Å². The third-order valence-electron chi connectivity index (χ3n) is 3.92. The predicted molar refractivity (Wildman–Crippen MR) is 102 cm³/mol. The van der Waals surface area contributed by atoms with E-state index in [2.05, 4.69) is 5.32 Å². The molecule has 0 aliphatic heterocycles. The van der Waals surface area contributed by atoms with Crippen molar-refractivity contribution in [3.8, 4) is 5.75 Å². The molecular formula is C19H26N2O3S. The van der Waals surface area contributed by atoms with Gasteiger partial charge < -0.3 is 10.1 Å². The number of benzene rings is 2. The van der Waals surface area contributed by atoms with Crippen molar-refractivity contribution >= 4 is 15.7 Å². The molecule has 2 rings (SSSR count). The van der Waals surface area contributed by atoms with Gasteiger partial charge in [0.15, 0.2) is 0 Å². The minimum Gasteiger partial charge on any atom is -0.492 e. The molecule has 0 radical (unpaired) electrons. The van der Waals surface area contributed by atoms with Gasteiger partial charge in [0.2, 0.25) is 10.0 Å². The van der Waals surface area contributed by atoms with Crippen molar-refractivity contribution in [2.75, 3.05) is 31.6 Å². The summed E-state index contributed by atoms with van der Waals surface area (Å²) >= 11 is 0. The van der Waals surface area contributed by atoms with Gasteiger partial charge in [0.05, 0.1) is 4.90 Å². The summed E-state index contributed by atoms with van der Waals surface area (Å²) in [7, 11) is -3.40. The second kappa shape index (κ2) is 8.87. The lowest BCUT2D eigenvalue weighted by molar-refractivity contribution is 0.333. The molecule has 5 nitrogen and oxygen atoms in total. The van der Waals surface area contributed by atoms with Crippen molar-refractivity contribution in [3.05, 3.63) is 54.1 Å². The monoisotopic (exact) mass is 362 g/mol. The smallest absolute Gasteiger partial charge is 0.243 e. The van der Waals surface area contributed by atoms with Crippen molar-refractivity contribution in [1.82, 2.24) is 4.31 Å². The zero-order valence-corrected chi connectivity index (χ0v) is 15.8. The summed E-state index contributed by atoms with van der Waals surface area (Å²) in [6.45, 7) is 7.81. The number of anilines is 1. The molecular weight excluding hydrogens is 336 g/mol. The highest BCUT2D eigenvalue weighted by atomic mass is 32.2. The molecule has 0 bridgehead atoms. The quantitative estimate of drug-likeness (QED) is 0.694. The molecule has 136 valence electrons. The number of hydrogen-bond donors (Lipinski definition) is 1. The lowest BCUT2D eigenvalue weighted by Crippen LogP contribution is -2.30. The highest BCUT2D eigenvalue weighted by molar-refractivity contribution is 7.89. The Hall–Kier alpha value is -2.05. The Balaban J connectivity index is 1.87. The molecule has 0 saturated heterocycles. The molecule has 0 atom stereocenters. The van der Waals surface area contributed by atoms with Gasteiger partial charge >= 0.3 is 0 Å². The Labute approximate surface area is 150 Å². The zero-order chi connectivity index (χ0) is 18.3. The molecule has 0 aliphatic rings. The maximum absolute atomic E-state index is 12.4. The van der Waals surface area contributed by atoms with Crippen molar-refractivity contribution in [2.24, 2.45) is 0 Å². The van der Waals surface area contributed by atoms with Gasteiger partial charge in [0.25, 0.3) is 0 Å². The average Bonchev–Trinajstić information content (AvgIpc) is 2.61. The maximum atomic E-state index is 12.4. The van der Waals surface area contributed by atoms with E-state index >= 15 is 0 Å². The molecule has 0 fully saturated rings. The summed E-state index contributed by atoms with van der Waals surface area (Å²) in [6, 6.07) is 14.7. The highest BCUT2D eigenvalue weighted by Gasteiger charge is 2.20. The van der Waals surface area contributed by atoms with Gasteiger partial charge in [0, 0.05) is 25.3 Å². The van der Waals surface area contributed by atoms with Gasteiger partial charge in [-0.15, -0.1) is 0 Å². The average molecular weight is 362 g/mol. The number of nitrogens with one attached hydrogen (secondary N) is 1. The molecule has 0 heterocycles. The second-order valence-electron chi connectivity index (χ2n) is 5.70. The van der Waals surface area contributed by atoms with Crippen molar-refractivity contribution in [3.63, 3.8) is 0 Å². The van der Waals surface area contributed by atoms with Gasteiger partial charge in [-0.25, -0.2) is 8.42 Å². The van der Waals surface area contributed by atoms with Crippen molar-refractivity contribution in [2.45, 2.75) is 25.7 Å². The lowest BCUT2D eigenvalue weighted by Gasteiger charge is -2.18. The molecule has 0 amide bonds. The molecule has 0 saturated carbocycles. The molecule has 6 heteroatoms. The first-order valence-corrected chi connectivity index (χ1v) is 9.95. The molecule has 2 aromatic rings. The van der Waals surface area contributed by atoms with E-state index in [9.17, 15) is 8.42 Å². The summed E-state index contributed by atoms with van der Waals surface area (Å²) in [4.78, 5) is 0.317. The first-order chi connectivity index (χ1) is 12.0. The fourth-order valence-corrected chi connectivity index (χ4v) is 3.91. The first kappa shape index (κ1) is 19.3. The largest absolute Gasteiger partial charge is 0.492 e. The Morgan fingerprint density at radius 2 is 1.56 bits per heavy atom. The number of rotatable bonds is 9. The van der Waals surface area contributed by atoms with Crippen LogP contribution in [-0.2, 0) is 10.0 Å². The van der Waals surface area contributed by atoms with E-state index < -0.39 is 10.0 Å². The maximum Gasteiger partial charge on any atom is 0.243 e. The van der Waals surface area contributed by atoms with E-state index in [1.165, 1.54) is 9.87 Å². The summed E-state index contributed by atoms with van der Waals surface area (Å²) in [5.74, 6) is 0.841. The van der Waals surface area contributed by atoms with Crippen LogP contribution in [0.25, 0.3) is 0 Å². The number of nitrogens with zero attached hydrogens (tertiary/aromatic N) is 1. The summed E-state index contributed by atoms with van der Waals surface area (Å²) in [5, 5.41) is 3.23. The predicted octanol–water partition coefficient (Wildman–Crippen LogP) is 3.52. The topological polar surface area (TPSA) is 58.6 Å². The van der Waals surface area contributed by atoms with Crippen LogP contribution in [0, 0.1) is 6.92 Å². The lowest BCUT2D eigenvalue weighted by atomic mass is 10.2. The number of sulfonamides is 1. The Morgan fingerprint density at radius 1 is 0.960 bits per heavy atom. The summed E-state index contributed by atoms with van der Waals surface area (Å²) in [6.07, 6.45) is 0. The molecule has 0 aliphatic carbocycles. The number of aryl methyl sites for hydroxylation is 1. The van der Waals surface area contributed by atoms with E-state index in [1.54, 1.807) is 24.3 Å². The minimum atomic E-state index is -3.40. The third-order valence-corrected chi connectivity index (χ3v) is 5.98. The van der Waals surface area contributed by atoms with Gasteiger partial charge in [0.1, 0.15) is 12.4 Å². The van der Waals surface area contributed by atoms with E-state index in [4.69, 9.17) is 4.74 Å². The molecule has 25 heavy (non-hydrogen) atoms. The molecule has 0 spiro atoms. The zero-order valence-electron chi connectivity index (χ0n) is 15.0. The van der Waals surface area contributed by atoms with Crippen LogP contribution in [0.1, 0.15) is 19.4 Å². The van der Waals surface area contributed by atoms with Crippen LogP contribution >= 0.6 is 0 Å². The van der Waals surface area contributed by atoms with Crippen LogP contribution < -0.4 is 10.1 Å². The van der Waals surface area contributed by atoms with Crippen molar-refractivity contribution in [1.29, 1.82) is 0 Å². The van der Waals surface area contributed by atoms with E-state index in [-0.39, 0.29) is 0 Å². The first-order valence-electron chi connectivity index (χ1n) is 8.51. The second-order valence-corrected chi connectivity index (χ2v) is 7.64. The fraction of sp³-hybridized carbons (Fsp3) is 0.368. The van der Waals surface area contributed by atoms with E-state index in [0.717, 1.165) is 11.4 Å². The number of hydrogen-bond acceptors (Lipinski definition) is 4. The van der Waals surface area contributed by atoms with Crippen LogP contribution in [0.5, 0.6) is 5.75 Å². The Morgan fingerprint density at radius 3 is 2.12 bits per heavy atom. The van der Waals surface area contributed by atoms with Crippen LogP contribution in [0.2, 0.25) is 0 Å². The van der Waals surface area contributed by atoms with Crippen molar-refractivity contribution < 1.29 is 13.2 Å². The van der Waals surface area contributed by atoms with Gasteiger partial charge in [-0.2, -0.15) is 4.31 Å². The third kappa shape index (κ3) is 5.21. The molecule has 2 aromatic carbocycles. The fourth-order valence-electron chi connectivity index (χ4n) is 2.46. The SMILES string of the molecule is CCN(CC)S(=O)(=O)c1ccc(NCCOc2ccc(C)cc2)cc1. The molecule has 0 unspecified atom stereocenters. The Kier molecular flexibility index (Phi) is 6.84. The highest BCUT2D eigenvalue weighted by Crippen LogP contribution is 2.18. The normalized spacial score (nSPS) is 11.5. The molecule has 1 N–H and O–H groups in total. The van der Waals surface area contributed by atoms with Crippen LogP contribution in [0.4, 0.5) is 5.69 Å². The Bertz CT molecular complexity index is 752. The summed E-state index contributed by atoms with van der Waals surface area (Å²) in [5.41, 5.74) is 2.07. The van der Waals surface area contributed by atoms with E-state index in [0.29, 0.717) is 31.1 Å². The van der Waals surface area contributed by atoms with Crippen LogP contribution in [0.3, 0.4) is 0 Å². The number of ether oxygens (including phenoxy) is 1. The standard InChI is InChI=1S/C19H26N2O3S/c1-4-21(5-2)25(22,23)19-12-8-17(9-13-19)20-14-15-24-18-10-6-16(3)7-11-18/h6-13,20H,4-5,14-15H2,1-3H3. The van der Waals surface area contributed by atoms with Crippen LogP contribution in [0.15, 0.2) is 53.4 Å². The molecule has 0 aromatic heterocycles. The van der Waals surface area contributed by atoms with Crippen LogP contribution in [-0.4, -0.2) is 39.0 Å².